The summed E-state index contributed by atoms with van der Waals surface area (Å²) in [5.74, 6) is -1.51. The first-order valence-electron chi connectivity index (χ1n) is 11.3. The molecule has 0 amide bonds. The normalized spacial score (nSPS) is 20.6. The van der Waals surface area contributed by atoms with Crippen molar-refractivity contribution >= 4 is 20.6 Å². The van der Waals surface area contributed by atoms with Crippen molar-refractivity contribution in [3.8, 4) is 16.9 Å². The number of rotatable bonds is 6. The van der Waals surface area contributed by atoms with E-state index in [4.69, 9.17) is 9.52 Å². The van der Waals surface area contributed by atoms with Crippen molar-refractivity contribution < 1.29 is 17.7 Å². The summed E-state index contributed by atoms with van der Waals surface area (Å²) in [7, 11) is -1.33. The summed E-state index contributed by atoms with van der Waals surface area (Å²) in [5, 5.41) is 0.689. The summed E-state index contributed by atoms with van der Waals surface area (Å²) in [6, 6.07) is 6.87. The second-order valence-corrected chi connectivity index (χ2v) is 11.5. The molecule has 176 valence electrons. The maximum absolute atomic E-state index is 13.6. The molecule has 2 fully saturated rings. The van der Waals surface area contributed by atoms with E-state index < -0.39 is 15.7 Å². The highest BCUT2D eigenvalue weighted by Gasteiger charge is 2.36. The average Bonchev–Trinajstić information content (AvgIpc) is 3.42. The van der Waals surface area contributed by atoms with Crippen LogP contribution in [0, 0.1) is 10.7 Å². The molecule has 2 aliphatic rings. The average molecular weight is 476 g/mol. The molecule has 0 bridgehead atoms. The third kappa shape index (κ3) is 4.43. The van der Waals surface area contributed by atoms with Gasteiger partial charge in [-0.1, -0.05) is 0 Å². The summed E-state index contributed by atoms with van der Waals surface area (Å²) in [4.78, 5) is 15.9. The van der Waals surface area contributed by atoms with Crippen LogP contribution in [0.3, 0.4) is 0 Å². The fraction of sp³-hybridized carbons (Fsp3) is 0.458. The molecule has 2 aromatic heterocycles. The number of hydrogen-bond donors (Lipinski definition) is 2. The van der Waals surface area contributed by atoms with E-state index in [1.807, 2.05) is 0 Å². The number of alkyl halides is 2. The zero-order valence-corrected chi connectivity index (χ0v) is 19.2. The summed E-state index contributed by atoms with van der Waals surface area (Å²) >= 11 is 0. The maximum atomic E-state index is 13.6. The fourth-order valence-electron chi connectivity index (χ4n) is 4.53. The molecule has 0 aliphatic heterocycles. The largest absolute Gasteiger partial charge is 0.490 e. The van der Waals surface area contributed by atoms with Gasteiger partial charge in [0.05, 0.1) is 15.8 Å². The van der Waals surface area contributed by atoms with Crippen molar-refractivity contribution in [2.24, 2.45) is 13.0 Å². The highest BCUT2D eigenvalue weighted by atomic mass is 32.2. The molecule has 5 rings (SSSR count). The van der Waals surface area contributed by atoms with Gasteiger partial charge in [0.15, 0.2) is 0 Å². The van der Waals surface area contributed by atoms with Crippen molar-refractivity contribution in [2.45, 2.75) is 55.4 Å². The van der Waals surface area contributed by atoms with Crippen LogP contribution in [0.5, 0.6) is 5.75 Å². The standard InChI is InChI=1S/C24H27F2N3O3S/c1-29-13-20(18-8-11-28-22(18)23(29)30)19-12-17(33(27,31)14-15-2-3-15)4-5-21(19)32-16-6-9-24(25,26)10-7-16/h4-5,8,11-13,15-16,27-28H,2-3,6-7,9-10,14H2,1H3. The third-order valence-corrected chi connectivity index (χ3v) is 8.60. The van der Waals surface area contributed by atoms with Crippen molar-refractivity contribution in [2.75, 3.05) is 5.75 Å². The molecule has 2 heterocycles. The summed E-state index contributed by atoms with van der Waals surface area (Å²) < 4.78 is 56.7. The number of fused-ring (bicyclic) bond motifs is 1. The lowest BCUT2D eigenvalue weighted by atomic mass is 9.94. The number of aromatic amines is 1. The molecule has 0 spiro atoms. The molecule has 3 aromatic rings. The molecule has 1 unspecified atom stereocenters. The predicted octanol–water partition coefficient (Wildman–Crippen LogP) is 5.31. The number of hydrogen-bond acceptors (Lipinski definition) is 4. The van der Waals surface area contributed by atoms with E-state index in [0.717, 1.165) is 12.8 Å². The van der Waals surface area contributed by atoms with Crippen LogP contribution in [0.4, 0.5) is 8.78 Å². The van der Waals surface area contributed by atoms with Gasteiger partial charge in [-0.3, -0.25) is 4.79 Å². The first-order valence-corrected chi connectivity index (χ1v) is 13.0. The molecule has 2 aliphatic carbocycles. The van der Waals surface area contributed by atoms with Gasteiger partial charge in [0, 0.05) is 59.4 Å². The second-order valence-electron chi connectivity index (χ2n) is 9.34. The van der Waals surface area contributed by atoms with Gasteiger partial charge in [-0.05, 0) is 55.9 Å². The Labute approximate surface area is 190 Å². The summed E-state index contributed by atoms with van der Waals surface area (Å²) in [6.07, 6.45) is 5.10. The van der Waals surface area contributed by atoms with Crippen LogP contribution >= 0.6 is 0 Å². The number of pyridine rings is 1. The maximum Gasteiger partial charge on any atom is 0.274 e. The van der Waals surface area contributed by atoms with Gasteiger partial charge < -0.3 is 14.3 Å². The summed E-state index contributed by atoms with van der Waals surface area (Å²) in [5.41, 5.74) is 1.58. The highest BCUT2D eigenvalue weighted by molar-refractivity contribution is 7.92. The smallest absolute Gasteiger partial charge is 0.274 e. The topological polar surface area (TPSA) is 87.9 Å². The Kier molecular flexibility index (Phi) is 5.34. The van der Waals surface area contributed by atoms with Crippen molar-refractivity contribution in [3.05, 3.63) is 47.0 Å². The molecule has 0 radical (unpaired) electrons. The number of nitrogens with one attached hydrogen (secondary N) is 2. The van der Waals surface area contributed by atoms with Gasteiger partial charge in [0.1, 0.15) is 11.3 Å². The number of halogens is 2. The fourth-order valence-corrected chi connectivity index (χ4v) is 6.32. The zero-order chi connectivity index (χ0) is 23.4. The molecular weight excluding hydrogens is 448 g/mol. The highest BCUT2D eigenvalue weighted by Crippen LogP contribution is 2.40. The monoisotopic (exact) mass is 475 g/mol. The van der Waals surface area contributed by atoms with Crippen LogP contribution < -0.4 is 10.3 Å². The quantitative estimate of drug-likeness (QED) is 0.507. The van der Waals surface area contributed by atoms with Crippen molar-refractivity contribution in [1.29, 1.82) is 4.78 Å². The molecular formula is C24H27F2N3O3S. The van der Waals surface area contributed by atoms with E-state index in [0.29, 0.717) is 44.3 Å². The van der Waals surface area contributed by atoms with Crippen LogP contribution in [0.1, 0.15) is 38.5 Å². The molecule has 1 aromatic carbocycles. The Morgan fingerprint density at radius 1 is 1.18 bits per heavy atom. The number of nitrogens with zero attached hydrogens (tertiary/aromatic N) is 1. The van der Waals surface area contributed by atoms with E-state index >= 15 is 0 Å². The minimum atomic E-state index is -2.98. The van der Waals surface area contributed by atoms with Gasteiger partial charge in [0.2, 0.25) is 5.92 Å². The lowest BCUT2D eigenvalue weighted by Gasteiger charge is -2.29. The lowest BCUT2D eigenvalue weighted by molar-refractivity contribution is -0.0581. The lowest BCUT2D eigenvalue weighted by Crippen LogP contribution is -2.30. The van der Waals surface area contributed by atoms with E-state index in [1.165, 1.54) is 4.57 Å². The van der Waals surface area contributed by atoms with Crippen molar-refractivity contribution in [1.82, 2.24) is 9.55 Å². The molecule has 2 N–H and O–H groups in total. The van der Waals surface area contributed by atoms with Gasteiger partial charge >= 0.3 is 0 Å². The number of H-pyrrole nitrogens is 1. The third-order valence-electron chi connectivity index (χ3n) is 6.64. The van der Waals surface area contributed by atoms with E-state index in [9.17, 15) is 17.8 Å². The predicted molar refractivity (Wildman–Crippen MR) is 124 cm³/mol. The Morgan fingerprint density at radius 3 is 2.61 bits per heavy atom. The molecule has 2 saturated carbocycles. The SMILES string of the molecule is Cn1cc(-c2cc(S(=N)(=O)CC3CC3)ccc2OC2CCC(F)(F)CC2)c2cc[nH]c2c1=O. The number of benzene rings is 1. The number of ether oxygens (including phenoxy) is 1. The Balaban J connectivity index is 1.60. The molecule has 9 heteroatoms. The summed E-state index contributed by atoms with van der Waals surface area (Å²) in [6.45, 7) is 0. The van der Waals surface area contributed by atoms with Gasteiger partial charge in [-0.25, -0.2) is 17.8 Å². The Bertz CT molecular complexity index is 1360. The molecule has 1 atom stereocenters. The number of aryl methyl sites for hydroxylation is 1. The minimum Gasteiger partial charge on any atom is -0.490 e. The van der Waals surface area contributed by atoms with Gasteiger partial charge in [0.25, 0.3) is 5.56 Å². The first-order chi connectivity index (χ1) is 15.6. The molecule has 33 heavy (non-hydrogen) atoms. The second kappa shape index (κ2) is 7.97. The molecule has 0 saturated heterocycles. The van der Waals surface area contributed by atoms with E-state index in [1.54, 1.807) is 43.7 Å². The van der Waals surface area contributed by atoms with Gasteiger partial charge in [-0.2, -0.15) is 0 Å². The van der Waals surface area contributed by atoms with Crippen LogP contribution in [0.15, 0.2) is 46.3 Å². The van der Waals surface area contributed by atoms with E-state index in [2.05, 4.69) is 4.98 Å². The number of aromatic nitrogens is 2. The van der Waals surface area contributed by atoms with E-state index in [-0.39, 0.29) is 37.3 Å². The van der Waals surface area contributed by atoms with Gasteiger partial charge in [-0.15, -0.1) is 0 Å². The first kappa shape index (κ1) is 22.1. The van der Waals surface area contributed by atoms with Crippen LogP contribution in [-0.4, -0.2) is 31.5 Å². The van der Waals surface area contributed by atoms with Crippen molar-refractivity contribution in [3.63, 3.8) is 0 Å². The Morgan fingerprint density at radius 2 is 1.91 bits per heavy atom. The van der Waals surface area contributed by atoms with Crippen LogP contribution in [0.2, 0.25) is 0 Å². The minimum absolute atomic E-state index is 0.176. The molecule has 6 nitrogen and oxygen atoms in total. The van der Waals surface area contributed by atoms with Crippen LogP contribution in [-0.2, 0) is 16.8 Å². The Hall–Kier alpha value is -2.68. The van der Waals surface area contributed by atoms with Crippen LogP contribution in [0.25, 0.3) is 22.0 Å². The zero-order valence-electron chi connectivity index (χ0n) is 18.4.